The third-order valence-corrected chi connectivity index (χ3v) is 4.07. The van der Waals surface area contributed by atoms with Crippen molar-refractivity contribution in [1.29, 1.82) is 0 Å². The molecule has 0 aliphatic heterocycles. The average Bonchev–Trinajstić information content (AvgIpc) is 2.80. The number of anilines is 1. The van der Waals surface area contributed by atoms with Crippen LogP contribution in [0.3, 0.4) is 0 Å². The molecule has 1 atom stereocenters. The van der Waals surface area contributed by atoms with Gasteiger partial charge < -0.3 is 9.73 Å². The third kappa shape index (κ3) is 2.68. The van der Waals surface area contributed by atoms with Gasteiger partial charge in [-0.15, -0.1) is 0 Å². The van der Waals surface area contributed by atoms with Crippen molar-refractivity contribution >= 4 is 32.6 Å². The Labute approximate surface area is 131 Å². The van der Waals surface area contributed by atoms with E-state index in [0.29, 0.717) is 5.69 Å². The number of para-hydroxylation sites is 1. The molecule has 2 nitrogen and oxygen atoms in total. The topological polar surface area (TPSA) is 25.2 Å². The summed E-state index contributed by atoms with van der Waals surface area (Å²) in [6.07, 6.45) is 0. The molecule has 0 aliphatic carbocycles. The van der Waals surface area contributed by atoms with E-state index in [0.717, 1.165) is 26.8 Å². The standard InChI is InChI=1S/C17H15BrFNO/c1-10-13-5-3-4-6-16(13)21-17(10)11(2)20-15-8-7-12(18)9-14(15)19/h3-9,11,20H,1-2H3. The van der Waals surface area contributed by atoms with E-state index in [1.54, 1.807) is 6.07 Å². The van der Waals surface area contributed by atoms with E-state index < -0.39 is 0 Å². The van der Waals surface area contributed by atoms with Crippen LogP contribution in [0.4, 0.5) is 10.1 Å². The minimum Gasteiger partial charge on any atom is -0.459 e. The molecule has 0 spiro atoms. The van der Waals surface area contributed by atoms with Gasteiger partial charge in [0.15, 0.2) is 0 Å². The van der Waals surface area contributed by atoms with Crippen molar-refractivity contribution < 1.29 is 8.81 Å². The van der Waals surface area contributed by atoms with Gasteiger partial charge in [0, 0.05) is 15.4 Å². The zero-order chi connectivity index (χ0) is 15.0. The first-order chi connectivity index (χ1) is 10.1. The molecule has 0 saturated heterocycles. The molecule has 0 aliphatic rings. The van der Waals surface area contributed by atoms with Crippen molar-refractivity contribution in [2.24, 2.45) is 0 Å². The molecule has 0 saturated carbocycles. The molecule has 0 fully saturated rings. The van der Waals surface area contributed by atoms with Gasteiger partial charge in [-0.25, -0.2) is 4.39 Å². The molecule has 0 bridgehead atoms. The van der Waals surface area contributed by atoms with E-state index in [1.165, 1.54) is 6.07 Å². The van der Waals surface area contributed by atoms with E-state index in [2.05, 4.69) is 21.2 Å². The summed E-state index contributed by atoms with van der Waals surface area (Å²) >= 11 is 3.26. The summed E-state index contributed by atoms with van der Waals surface area (Å²) in [6.45, 7) is 3.99. The van der Waals surface area contributed by atoms with Gasteiger partial charge in [0.25, 0.3) is 0 Å². The van der Waals surface area contributed by atoms with Crippen LogP contribution < -0.4 is 5.32 Å². The summed E-state index contributed by atoms with van der Waals surface area (Å²) in [6, 6.07) is 12.8. The quantitative estimate of drug-likeness (QED) is 0.646. The second-order valence-corrected chi connectivity index (χ2v) is 5.99. The average molecular weight is 348 g/mol. The zero-order valence-corrected chi connectivity index (χ0v) is 13.4. The fourth-order valence-corrected chi connectivity index (χ4v) is 2.84. The van der Waals surface area contributed by atoms with E-state index >= 15 is 0 Å². The van der Waals surface area contributed by atoms with Gasteiger partial charge in [-0.2, -0.15) is 0 Å². The van der Waals surface area contributed by atoms with Crippen molar-refractivity contribution in [1.82, 2.24) is 0 Å². The van der Waals surface area contributed by atoms with Crippen molar-refractivity contribution in [3.8, 4) is 0 Å². The molecule has 1 heterocycles. The third-order valence-electron chi connectivity index (χ3n) is 3.58. The molecular formula is C17H15BrFNO. The lowest BCUT2D eigenvalue weighted by Gasteiger charge is -2.14. The maximum atomic E-state index is 13.9. The van der Waals surface area contributed by atoms with Crippen LogP contribution in [0.25, 0.3) is 11.0 Å². The van der Waals surface area contributed by atoms with Crippen LogP contribution in [0.5, 0.6) is 0 Å². The Morgan fingerprint density at radius 3 is 2.67 bits per heavy atom. The molecule has 2 aromatic carbocycles. The van der Waals surface area contributed by atoms with Gasteiger partial charge in [-0.1, -0.05) is 34.1 Å². The van der Waals surface area contributed by atoms with E-state index in [1.807, 2.05) is 44.2 Å². The highest BCUT2D eigenvalue weighted by atomic mass is 79.9. The molecule has 4 heteroatoms. The Hall–Kier alpha value is -1.81. The minimum absolute atomic E-state index is 0.118. The number of halogens is 2. The molecule has 21 heavy (non-hydrogen) atoms. The highest BCUT2D eigenvalue weighted by Gasteiger charge is 2.17. The Morgan fingerprint density at radius 2 is 1.95 bits per heavy atom. The Balaban J connectivity index is 1.93. The van der Waals surface area contributed by atoms with Gasteiger partial charge in [0.05, 0.1) is 11.7 Å². The number of aryl methyl sites for hydroxylation is 1. The SMILES string of the molecule is Cc1c(C(C)Nc2ccc(Br)cc2F)oc2ccccc12. The molecule has 0 radical (unpaired) electrons. The molecular weight excluding hydrogens is 333 g/mol. The predicted molar refractivity (Wildman–Crippen MR) is 87.1 cm³/mol. The minimum atomic E-state index is -0.287. The van der Waals surface area contributed by atoms with Gasteiger partial charge in [-0.3, -0.25) is 0 Å². The number of nitrogens with one attached hydrogen (secondary N) is 1. The van der Waals surface area contributed by atoms with Crippen LogP contribution in [0, 0.1) is 12.7 Å². The first kappa shape index (κ1) is 14.1. The van der Waals surface area contributed by atoms with Crippen LogP contribution in [0.1, 0.15) is 24.3 Å². The Bertz CT molecular complexity index is 797. The summed E-state index contributed by atoms with van der Waals surface area (Å²) < 4.78 is 20.5. The molecule has 108 valence electrons. The van der Waals surface area contributed by atoms with E-state index in [4.69, 9.17) is 4.42 Å². The largest absolute Gasteiger partial charge is 0.459 e. The van der Waals surface area contributed by atoms with Crippen LogP contribution in [-0.4, -0.2) is 0 Å². The summed E-state index contributed by atoms with van der Waals surface area (Å²) in [5.74, 6) is 0.545. The van der Waals surface area contributed by atoms with Crippen molar-refractivity contribution in [3.05, 3.63) is 64.1 Å². The molecule has 1 unspecified atom stereocenters. The second kappa shape index (κ2) is 5.53. The van der Waals surface area contributed by atoms with E-state index in [9.17, 15) is 4.39 Å². The first-order valence-electron chi connectivity index (χ1n) is 6.76. The normalized spacial score (nSPS) is 12.6. The fourth-order valence-electron chi connectivity index (χ4n) is 2.51. The van der Waals surface area contributed by atoms with Gasteiger partial charge >= 0.3 is 0 Å². The Morgan fingerprint density at radius 1 is 1.19 bits per heavy atom. The number of rotatable bonds is 3. The monoisotopic (exact) mass is 347 g/mol. The van der Waals surface area contributed by atoms with Crippen molar-refractivity contribution in [3.63, 3.8) is 0 Å². The molecule has 1 aromatic heterocycles. The van der Waals surface area contributed by atoms with Crippen molar-refractivity contribution in [2.45, 2.75) is 19.9 Å². The predicted octanol–water partition coefficient (Wildman–Crippen LogP) is 5.82. The molecule has 1 N–H and O–H groups in total. The van der Waals surface area contributed by atoms with Crippen LogP contribution >= 0.6 is 15.9 Å². The van der Waals surface area contributed by atoms with Crippen LogP contribution in [-0.2, 0) is 0 Å². The van der Waals surface area contributed by atoms with Crippen LogP contribution in [0.15, 0.2) is 51.4 Å². The highest BCUT2D eigenvalue weighted by Crippen LogP contribution is 2.31. The number of benzene rings is 2. The summed E-state index contributed by atoms with van der Waals surface area (Å²) in [4.78, 5) is 0. The first-order valence-corrected chi connectivity index (χ1v) is 7.55. The number of hydrogen-bond donors (Lipinski definition) is 1. The summed E-state index contributed by atoms with van der Waals surface area (Å²) in [5, 5.41) is 4.26. The number of fused-ring (bicyclic) bond motifs is 1. The van der Waals surface area contributed by atoms with Crippen LogP contribution in [0.2, 0.25) is 0 Å². The van der Waals surface area contributed by atoms with Gasteiger partial charge in [0.1, 0.15) is 17.2 Å². The molecule has 3 rings (SSSR count). The summed E-state index contributed by atoms with van der Waals surface area (Å²) in [7, 11) is 0. The van der Waals surface area contributed by atoms with Crippen molar-refractivity contribution in [2.75, 3.05) is 5.32 Å². The highest BCUT2D eigenvalue weighted by molar-refractivity contribution is 9.10. The lowest BCUT2D eigenvalue weighted by molar-refractivity contribution is 0.520. The lowest BCUT2D eigenvalue weighted by atomic mass is 10.1. The molecule has 3 aromatic rings. The molecule has 0 amide bonds. The maximum Gasteiger partial charge on any atom is 0.147 e. The van der Waals surface area contributed by atoms with Gasteiger partial charge in [-0.05, 0) is 38.1 Å². The maximum absolute atomic E-state index is 13.9. The Kier molecular flexibility index (Phi) is 3.72. The fraction of sp³-hybridized carbons (Fsp3) is 0.176. The number of furan rings is 1. The zero-order valence-electron chi connectivity index (χ0n) is 11.8. The lowest BCUT2D eigenvalue weighted by Crippen LogP contribution is -2.08. The van der Waals surface area contributed by atoms with E-state index in [-0.39, 0.29) is 11.9 Å². The second-order valence-electron chi connectivity index (χ2n) is 5.08. The summed E-state index contributed by atoms with van der Waals surface area (Å²) in [5.41, 5.74) is 2.41. The number of hydrogen-bond acceptors (Lipinski definition) is 2. The van der Waals surface area contributed by atoms with Gasteiger partial charge in [0.2, 0.25) is 0 Å². The smallest absolute Gasteiger partial charge is 0.147 e.